The van der Waals surface area contributed by atoms with E-state index in [0.29, 0.717) is 5.41 Å². The van der Waals surface area contributed by atoms with Crippen LogP contribution in [0.3, 0.4) is 0 Å². The molecule has 1 fully saturated rings. The van der Waals surface area contributed by atoms with Crippen LogP contribution in [-0.2, 0) is 0 Å². The fourth-order valence-corrected chi connectivity index (χ4v) is 3.19. The van der Waals surface area contributed by atoms with Crippen LogP contribution in [0, 0.1) is 5.41 Å². The Labute approximate surface area is 127 Å². The SMILES string of the molecule is CCCC1CCCCN1CC(C)(CC)CNC(C)(C)C. The van der Waals surface area contributed by atoms with Gasteiger partial charge in [-0.1, -0.05) is 33.6 Å². The van der Waals surface area contributed by atoms with Crippen molar-refractivity contribution in [2.75, 3.05) is 19.6 Å². The third-order valence-corrected chi connectivity index (χ3v) is 4.85. The van der Waals surface area contributed by atoms with Crippen LogP contribution in [0.25, 0.3) is 0 Å². The highest BCUT2D eigenvalue weighted by Crippen LogP contribution is 2.28. The number of likely N-dealkylation sites (tertiary alicyclic amines) is 1. The van der Waals surface area contributed by atoms with E-state index in [1.54, 1.807) is 0 Å². The van der Waals surface area contributed by atoms with Crippen molar-refractivity contribution in [2.24, 2.45) is 5.41 Å². The molecule has 1 rings (SSSR count). The van der Waals surface area contributed by atoms with Crippen molar-refractivity contribution in [3.63, 3.8) is 0 Å². The summed E-state index contributed by atoms with van der Waals surface area (Å²) in [7, 11) is 0. The Morgan fingerprint density at radius 1 is 1.10 bits per heavy atom. The van der Waals surface area contributed by atoms with Crippen LogP contribution in [-0.4, -0.2) is 36.1 Å². The molecule has 20 heavy (non-hydrogen) atoms. The van der Waals surface area contributed by atoms with Gasteiger partial charge in [0.25, 0.3) is 0 Å². The summed E-state index contributed by atoms with van der Waals surface area (Å²) in [5.74, 6) is 0. The van der Waals surface area contributed by atoms with Crippen LogP contribution in [0.5, 0.6) is 0 Å². The minimum absolute atomic E-state index is 0.223. The number of rotatable bonds is 7. The van der Waals surface area contributed by atoms with Gasteiger partial charge in [-0.05, 0) is 58.4 Å². The maximum Gasteiger partial charge on any atom is 0.00967 e. The number of nitrogens with one attached hydrogen (secondary N) is 1. The molecule has 1 N–H and O–H groups in total. The zero-order chi connectivity index (χ0) is 15.2. The zero-order valence-electron chi connectivity index (χ0n) is 14.9. The van der Waals surface area contributed by atoms with Crippen molar-refractivity contribution in [1.29, 1.82) is 0 Å². The van der Waals surface area contributed by atoms with Gasteiger partial charge >= 0.3 is 0 Å². The summed E-state index contributed by atoms with van der Waals surface area (Å²) < 4.78 is 0. The lowest BCUT2D eigenvalue weighted by atomic mass is 9.84. The minimum atomic E-state index is 0.223. The number of hydrogen-bond acceptors (Lipinski definition) is 2. The van der Waals surface area contributed by atoms with Gasteiger partial charge in [-0.25, -0.2) is 0 Å². The molecule has 2 nitrogen and oxygen atoms in total. The number of piperidine rings is 1. The van der Waals surface area contributed by atoms with E-state index in [4.69, 9.17) is 0 Å². The Hall–Kier alpha value is -0.0800. The van der Waals surface area contributed by atoms with E-state index < -0.39 is 0 Å². The van der Waals surface area contributed by atoms with Crippen molar-refractivity contribution in [1.82, 2.24) is 10.2 Å². The third-order valence-electron chi connectivity index (χ3n) is 4.85. The van der Waals surface area contributed by atoms with Gasteiger partial charge in [0.15, 0.2) is 0 Å². The van der Waals surface area contributed by atoms with Crippen molar-refractivity contribution < 1.29 is 0 Å². The normalized spacial score (nSPS) is 24.6. The first-order chi connectivity index (χ1) is 9.29. The van der Waals surface area contributed by atoms with Crippen molar-refractivity contribution >= 4 is 0 Å². The molecule has 0 aromatic carbocycles. The maximum atomic E-state index is 3.72. The molecule has 0 amide bonds. The molecule has 2 unspecified atom stereocenters. The van der Waals surface area contributed by atoms with Crippen LogP contribution in [0.1, 0.15) is 80.1 Å². The first-order valence-corrected chi connectivity index (χ1v) is 8.79. The van der Waals surface area contributed by atoms with E-state index in [2.05, 4.69) is 51.8 Å². The molecule has 0 bridgehead atoms. The summed E-state index contributed by atoms with van der Waals surface area (Å²) in [6, 6.07) is 0.842. The average Bonchev–Trinajstić information content (AvgIpc) is 2.38. The molecule has 1 saturated heterocycles. The second kappa shape index (κ2) is 7.79. The zero-order valence-corrected chi connectivity index (χ0v) is 14.9. The van der Waals surface area contributed by atoms with Gasteiger partial charge in [0.2, 0.25) is 0 Å². The molecular weight excluding hydrogens is 244 g/mol. The van der Waals surface area contributed by atoms with Gasteiger partial charge < -0.3 is 5.32 Å². The summed E-state index contributed by atoms with van der Waals surface area (Å²) in [6.45, 7) is 17.6. The first-order valence-electron chi connectivity index (χ1n) is 8.79. The lowest BCUT2D eigenvalue weighted by Crippen LogP contribution is -2.50. The first kappa shape index (κ1) is 18.0. The van der Waals surface area contributed by atoms with Gasteiger partial charge in [-0.15, -0.1) is 0 Å². The van der Waals surface area contributed by atoms with Crippen LogP contribution < -0.4 is 5.32 Å². The summed E-state index contributed by atoms with van der Waals surface area (Å²) in [5, 5.41) is 3.72. The molecule has 2 atom stereocenters. The summed E-state index contributed by atoms with van der Waals surface area (Å²) in [5.41, 5.74) is 0.623. The Balaban J connectivity index is 2.59. The maximum absolute atomic E-state index is 3.72. The predicted octanol–water partition coefficient (Wildman–Crippen LogP) is 4.45. The van der Waals surface area contributed by atoms with Gasteiger partial charge in [0.05, 0.1) is 0 Å². The molecule has 0 spiro atoms. The molecule has 0 saturated carbocycles. The van der Waals surface area contributed by atoms with E-state index in [9.17, 15) is 0 Å². The predicted molar refractivity (Wildman–Crippen MR) is 90.3 cm³/mol. The van der Waals surface area contributed by atoms with Gasteiger partial charge in [-0.2, -0.15) is 0 Å². The van der Waals surface area contributed by atoms with Crippen molar-refractivity contribution in [2.45, 2.75) is 91.6 Å². The molecule has 0 aliphatic carbocycles. The highest BCUT2D eigenvalue weighted by atomic mass is 15.2. The van der Waals surface area contributed by atoms with Gasteiger partial charge in [0.1, 0.15) is 0 Å². The highest BCUT2D eigenvalue weighted by molar-refractivity contribution is 4.87. The van der Waals surface area contributed by atoms with Crippen LogP contribution in [0.4, 0.5) is 0 Å². The molecule has 1 aliphatic rings. The third kappa shape index (κ3) is 6.13. The number of nitrogens with zero attached hydrogens (tertiary/aromatic N) is 1. The Bertz CT molecular complexity index is 267. The fourth-order valence-electron chi connectivity index (χ4n) is 3.19. The molecule has 0 aromatic rings. The Morgan fingerprint density at radius 3 is 2.35 bits per heavy atom. The van der Waals surface area contributed by atoms with E-state index >= 15 is 0 Å². The van der Waals surface area contributed by atoms with Crippen LogP contribution >= 0.6 is 0 Å². The standard InChI is InChI=1S/C18H38N2/c1-7-11-16-12-9-10-13-20(16)15-18(6,8-2)14-19-17(3,4)5/h16,19H,7-15H2,1-6H3. The lowest BCUT2D eigenvalue weighted by Gasteiger charge is -2.43. The smallest absolute Gasteiger partial charge is 0.00967 e. The second-order valence-corrected chi connectivity index (χ2v) is 8.18. The van der Waals surface area contributed by atoms with Gasteiger partial charge in [-0.3, -0.25) is 4.90 Å². The lowest BCUT2D eigenvalue weighted by molar-refractivity contribution is 0.0765. The van der Waals surface area contributed by atoms with Gasteiger partial charge in [0, 0.05) is 24.7 Å². The molecule has 0 radical (unpaired) electrons. The summed E-state index contributed by atoms with van der Waals surface area (Å²) in [4.78, 5) is 2.79. The van der Waals surface area contributed by atoms with E-state index in [1.807, 2.05) is 0 Å². The van der Waals surface area contributed by atoms with Crippen molar-refractivity contribution in [3.05, 3.63) is 0 Å². The minimum Gasteiger partial charge on any atom is -0.311 e. The van der Waals surface area contributed by atoms with Crippen LogP contribution in [0.2, 0.25) is 0 Å². The quantitative estimate of drug-likeness (QED) is 0.742. The topological polar surface area (TPSA) is 15.3 Å². The van der Waals surface area contributed by atoms with Crippen LogP contribution in [0.15, 0.2) is 0 Å². The number of hydrogen-bond donors (Lipinski definition) is 1. The molecule has 2 heteroatoms. The monoisotopic (exact) mass is 282 g/mol. The summed E-state index contributed by atoms with van der Waals surface area (Å²) in [6.07, 6.45) is 8.21. The second-order valence-electron chi connectivity index (χ2n) is 8.18. The molecule has 120 valence electrons. The largest absolute Gasteiger partial charge is 0.311 e. The Morgan fingerprint density at radius 2 is 1.80 bits per heavy atom. The van der Waals surface area contributed by atoms with E-state index in [1.165, 1.54) is 51.6 Å². The molecular formula is C18H38N2. The molecule has 0 aromatic heterocycles. The van der Waals surface area contributed by atoms with E-state index in [0.717, 1.165) is 12.6 Å². The Kier molecular flexibility index (Phi) is 7.00. The fraction of sp³-hybridized carbons (Fsp3) is 1.00. The summed E-state index contributed by atoms with van der Waals surface area (Å²) >= 11 is 0. The molecule has 1 heterocycles. The average molecular weight is 283 g/mol. The van der Waals surface area contributed by atoms with Crippen molar-refractivity contribution in [3.8, 4) is 0 Å². The van der Waals surface area contributed by atoms with E-state index in [-0.39, 0.29) is 5.54 Å². The highest BCUT2D eigenvalue weighted by Gasteiger charge is 2.31. The molecule has 1 aliphatic heterocycles.